The number of ether oxygens (including phenoxy) is 2. The fourth-order valence-electron chi connectivity index (χ4n) is 3.33. The normalized spacial score (nSPS) is 22.1. The average Bonchev–Trinajstić information content (AvgIpc) is 3.15. The van der Waals surface area contributed by atoms with Crippen LogP contribution in [0.25, 0.3) is 0 Å². The Morgan fingerprint density at radius 1 is 1.33 bits per heavy atom. The molecule has 0 aliphatic carbocycles. The zero-order valence-electron chi connectivity index (χ0n) is 14.4. The molecule has 2 aliphatic heterocycles. The first-order chi connectivity index (χ1) is 11.8. The lowest BCUT2D eigenvalue weighted by molar-refractivity contribution is 0.0458. The largest absolute Gasteiger partial charge is 0.395 e. The van der Waals surface area contributed by atoms with Crippen LogP contribution in [-0.2, 0) is 9.47 Å². The summed E-state index contributed by atoms with van der Waals surface area (Å²) in [6.45, 7) is 6.76. The van der Waals surface area contributed by atoms with Crippen molar-refractivity contribution >= 4 is 11.8 Å². The maximum Gasteiger partial charge on any atom is 0.224 e. The Balaban J connectivity index is 1.74. The third-order valence-corrected chi connectivity index (χ3v) is 4.64. The van der Waals surface area contributed by atoms with Crippen LogP contribution in [-0.4, -0.2) is 67.2 Å². The van der Waals surface area contributed by atoms with Gasteiger partial charge in [-0.3, -0.25) is 0 Å². The van der Waals surface area contributed by atoms with Crippen LogP contribution < -0.4 is 10.2 Å². The first-order valence-electron chi connectivity index (χ1n) is 8.98. The van der Waals surface area contributed by atoms with Crippen LogP contribution in [0, 0.1) is 0 Å². The summed E-state index contributed by atoms with van der Waals surface area (Å²) < 4.78 is 11.2. The lowest BCUT2D eigenvalue weighted by atomic mass is 10.0. The summed E-state index contributed by atoms with van der Waals surface area (Å²) in [5, 5.41) is 12.1. The van der Waals surface area contributed by atoms with E-state index in [2.05, 4.69) is 26.3 Å². The van der Waals surface area contributed by atoms with Crippen LogP contribution in [0.3, 0.4) is 0 Å². The van der Waals surface area contributed by atoms with Gasteiger partial charge >= 0.3 is 0 Å². The molecule has 0 saturated carbocycles. The Labute approximate surface area is 143 Å². The third kappa shape index (κ3) is 4.34. The number of aliphatic hydroxyl groups excluding tert-OH is 1. The zero-order chi connectivity index (χ0) is 16.8. The molecule has 1 atom stereocenters. The van der Waals surface area contributed by atoms with Crippen molar-refractivity contribution in [2.45, 2.75) is 38.2 Å². The van der Waals surface area contributed by atoms with E-state index in [1.165, 1.54) is 0 Å². The highest BCUT2D eigenvalue weighted by atomic mass is 16.5. The number of nitrogens with one attached hydrogen (secondary N) is 1. The smallest absolute Gasteiger partial charge is 0.224 e. The molecule has 0 unspecified atom stereocenters. The van der Waals surface area contributed by atoms with Gasteiger partial charge in [0.05, 0.1) is 25.0 Å². The number of aromatic nitrogens is 2. The number of hydrogen-bond donors (Lipinski definition) is 2. The van der Waals surface area contributed by atoms with E-state index in [1.54, 1.807) is 0 Å². The molecule has 2 fully saturated rings. The predicted molar refractivity (Wildman–Crippen MR) is 92.6 cm³/mol. The summed E-state index contributed by atoms with van der Waals surface area (Å²) in [6, 6.07) is 2.10. The van der Waals surface area contributed by atoms with Crippen LogP contribution in [0.2, 0.25) is 0 Å². The molecule has 7 nitrogen and oxygen atoms in total. The van der Waals surface area contributed by atoms with E-state index in [1.807, 2.05) is 6.92 Å². The van der Waals surface area contributed by atoms with Crippen LogP contribution in [0.1, 0.15) is 37.8 Å². The van der Waals surface area contributed by atoms with Crippen LogP contribution in [0.15, 0.2) is 6.07 Å². The van der Waals surface area contributed by atoms with E-state index in [0.717, 1.165) is 63.7 Å². The predicted octanol–water partition coefficient (Wildman–Crippen LogP) is 1.39. The Morgan fingerprint density at radius 2 is 2.17 bits per heavy atom. The lowest BCUT2D eigenvalue weighted by Gasteiger charge is -2.33. The quantitative estimate of drug-likeness (QED) is 0.779. The molecule has 0 amide bonds. The number of nitrogens with zero attached hydrogens (tertiary/aromatic N) is 3. The second kappa shape index (κ2) is 8.60. The summed E-state index contributed by atoms with van der Waals surface area (Å²) in [7, 11) is 0. The lowest BCUT2D eigenvalue weighted by Crippen LogP contribution is -2.37. The maximum absolute atomic E-state index is 9.04. The Hall–Kier alpha value is -1.44. The molecule has 0 spiro atoms. The van der Waals surface area contributed by atoms with Crippen molar-refractivity contribution < 1.29 is 14.6 Å². The fraction of sp³-hybridized carbons (Fsp3) is 0.765. The number of hydrogen-bond acceptors (Lipinski definition) is 7. The molecule has 0 bridgehead atoms. The Kier molecular flexibility index (Phi) is 6.23. The highest BCUT2D eigenvalue weighted by Gasteiger charge is 2.24. The molecule has 1 aromatic rings. The van der Waals surface area contributed by atoms with Crippen LogP contribution in [0.4, 0.5) is 11.8 Å². The number of rotatable bonds is 7. The SMILES string of the molecule is CCOC1CCN(c2cc([C@H]3CCOC3)nc(NCCO)n2)CC1. The van der Waals surface area contributed by atoms with E-state index in [9.17, 15) is 0 Å². The van der Waals surface area contributed by atoms with E-state index in [-0.39, 0.29) is 6.61 Å². The zero-order valence-corrected chi connectivity index (χ0v) is 14.4. The minimum atomic E-state index is 0.0647. The number of aliphatic hydroxyl groups is 1. The van der Waals surface area contributed by atoms with Gasteiger partial charge in [-0.05, 0) is 26.2 Å². The van der Waals surface area contributed by atoms with Crippen molar-refractivity contribution in [1.29, 1.82) is 0 Å². The molecule has 2 aliphatic rings. The molecule has 134 valence electrons. The summed E-state index contributed by atoms with van der Waals surface area (Å²) in [4.78, 5) is 11.6. The van der Waals surface area contributed by atoms with Gasteiger partial charge in [-0.25, -0.2) is 4.98 Å². The minimum Gasteiger partial charge on any atom is -0.395 e. The molecular formula is C17H28N4O3. The molecule has 0 radical (unpaired) electrons. The number of anilines is 2. The maximum atomic E-state index is 9.04. The van der Waals surface area contributed by atoms with Gasteiger partial charge in [0, 0.05) is 44.8 Å². The van der Waals surface area contributed by atoms with E-state index in [0.29, 0.717) is 24.5 Å². The summed E-state index contributed by atoms with van der Waals surface area (Å²) >= 11 is 0. The van der Waals surface area contributed by atoms with Gasteiger partial charge in [0.2, 0.25) is 5.95 Å². The van der Waals surface area contributed by atoms with Crippen molar-refractivity contribution in [3.8, 4) is 0 Å². The molecular weight excluding hydrogens is 308 g/mol. The second-order valence-corrected chi connectivity index (χ2v) is 6.33. The van der Waals surface area contributed by atoms with E-state index >= 15 is 0 Å². The Morgan fingerprint density at radius 3 is 2.83 bits per heavy atom. The van der Waals surface area contributed by atoms with Gasteiger partial charge in [0.25, 0.3) is 0 Å². The summed E-state index contributed by atoms with van der Waals surface area (Å²) in [5.41, 5.74) is 1.03. The van der Waals surface area contributed by atoms with Crippen molar-refractivity contribution in [3.63, 3.8) is 0 Å². The number of piperidine rings is 1. The summed E-state index contributed by atoms with van der Waals surface area (Å²) in [5.74, 6) is 1.89. The monoisotopic (exact) mass is 336 g/mol. The van der Waals surface area contributed by atoms with Gasteiger partial charge in [-0.2, -0.15) is 4.98 Å². The van der Waals surface area contributed by atoms with Crippen molar-refractivity contribution in [3.05, 3.63) is 11.8 Å². The molecule has 7 heteroatoms. The van der Waals surface area contributed by atoms with Gasteiger partial charge < -0.3 is 24.8 Å². The molecule has 0 aromatic carbocycles. The van der Waals surface area contributed by atoms with Crippen molar-refractivity contribution in [2.24, 2.45) is 0 Å². The highest BCUT2D eigenvalue weighted by molar-refractivity contribution is 5.46. The van der Waals surface area contributed by atoms with Gasteiger partial charge in [0.1, 0.15) is 5.82 Å². The van der Waals surface area contributed by atoms with Gasteiger partial charge in [-0.15, -0.1) is 0 Å². The minimum absolute atomic E-state index is 0.0647. The average molecular weight is 336 g/mol. The van der Waals surface area contributed by atoms with Gasteiger partial charge in [0.15, 0.2) is 0 Å². The third-order valence-electron chi connectivity index (χ3n) is 4.64. The van der Waals surface area contributed by atoms with Crippen molar-refractivity contribution in [1.82, 2.24) is 9.97 Å². The second-order valence-electron chi connectivity index (χ2n) is 6.33. The summed E-state index contributed by atoms with van der Waals surface area (Å²) in [6.07, 6.45) is 3.42. The van der Waals surface area contributed by atoms with Gasteiger partial charge in [-0.1, -0.05) is 0 Å². The highest BCUT2D eigenvalue weighted by Crippen LogP contribution is 2.28. The first-order valence-corrected chi connectivity index (χ1v) is 8.98. The molecule has 1 aromatic heterocycles. The van der Waals surface area contributed by atoms with Crippen molar-refractivity contribution in [2.75, 3.05) is 56.3 Å². The molecule has 3 rings (SSSR count). The topological polar surface area (TPSA) is 79.7 Å². The van der Waals surface area contributed by atoms with Crippen LogP contribution >= 0.6 is 0 Å². The molecule has 3 heterocycles. The molecule has 2 saturated heterocycles. The molecule has 2 N–H and O–H groups in total. The molecule has 24 heavy (non-hydrogen) atoms. The van der Waals surface area contributed by atoms with E-state index < -0.39 is 0 Å². The van der Waals surface area contributed by atoms with Crippen LogP contribution in [0.5, 0.6) is 0 Å². The fourth-order valence-corrected chi connectivity index (χ4v) is 3.33. The Bertz CT molecular complexity index is 515. The van der Waals surface area contributed by atoms with E-state index in [4.69, 9.17) is 14.6 Å². The first kappa shape index (κ1) is 17.4. The standard InChI is InChI=1S/C17H28N4O3/c1-2-24-14-3-7-21(8-4-14)16-11-15(13-5-10-23-12-13)19-17(20-16)18-6-9-22/h11,13-14,22H,2-10,12H2,1H3,(H,18,19,20)/t13-/m0/s1.